The molecule has 6 nitrogen and oxygen atoms in total. The van der Waals surface area contributed by atoms with E-state index in [4.69, 9.17) is 0 Å². The van der Waals surface area contributed by atoms with Crippen molar-refractivity contribution >= 4 is 17.5 Å². The summed E-state index contributed by atoms with van der Waals surface area (Å²) in [6.45, 7) is 0. The lowest BCUT2D eigenvalue weighted by atomic mass is 10.0. The third-order valence-corrected chi connectivity index (χ3v) is 4.62. The summed E-state index contributed by atoms with van der Waals surface area (Å²) in [7, 11) is 0. The largest absolute Gasteiger partial charge is 0.505 e. The Hall–Kier alpha value is -4.06. The van der Waals surface area contributed by atoms with Crippen LogP contribution >= 0.6 is 0 Å². The van der Waals surface area contributed by atoms with Crippen LogP contribution in [0.15, 0.2) is 72.9 Å². The van der Waals surface area contributed by atoms with Gasteiger partial charge in [0.15, 0.2) is 0 Å². The number of pyridine rings is 1. The summed E-state index contributed by atoms with van der Waals surface area (Å²) in [5, 5.41) is 29.9. The van der Waals surface area contributed by atoms with E-state index in [0.717, 1.165) is 11.1 Å². The van der Waals surface area contributed by atoms with Crippen molar-refractivity contribution in [3.8, 4) is 28.1 Å². The predicted molar refractivity (Wildman–Crippen MR) is 104 cm³/mol. The van der Waals surface area contributed by atoms with Gasteiger partial charge >= 0.3 is 11.9 Å². The van der Waals surface area contributed by atoms with E-state index < -0.39 is 11.9 Å². The topological polar surface area (TPSA) is 99.2 Å². The number of aromatic carboxylic acids is 2. The Morgan fingerprint density at radius 3 is 1.82 bits per heavy atom. The van der Waals surface area contributed by atoms with Crippen LogP contribution in [0.25, 0.3) is 27.9 Å². The first-order chi connectivity index (χ1) is 13.5. The standard InChI is InChI=1S/C22H15NO5/c24-20-17-11-15(21(25)26)16(22(27)28)12-23(17)19(14-9-5-2-6-10-14)18(20)13-7-3-1-4-8-13/h1-12,24H,(H,25,26)(H,27,28). The molecular formula is C22H15NO5. The smallest absolute Gasteiger partial charge is 0.338 e. The minimum absolute atomic E-state index is 0.107. The highest BCUT2D eigenvalue weighted by Crippen LogP contribution is 2.44. The minimum atomic E-state index is -1.37. The number of aromatic hydroxyl groups is 1. The molecule has 0 saturated heterocycles. The van der Waals surface area contributed by atoms with Crippen LogP contribution in [-0.4, -0.2) is 31.7 Å². The molecule has 0 spiro atoms. The average molecular weight is 373 g/mol. The minimum Gasteiger partial charge on any atom is -0.505 e. The van der Waals surface area contributed by atoms with E-state index in [0.29, 0.717) is 11.3 Å². The molecule has 2 heterocycles. The Balaban J connectivity index is 2.18. The van der Waals surface area contributed by atoms with E-state index in [-0.39, 0.29) is 22.4 Å². The summed E-state index contributed by atoms with van der Waals surface area (Å²) in [6, 6.07) is 19.6. The molecule has 0 unspecified atom stereocenters. The summed E-state index contributed by atoms with van der Waals surface area (Å²) in [5.74, 6) is -2.83. The summed E-state index contributed by atoms with van der Waals surface area (Å²) in [6.07, 6.45) is 1.25. The van der Waals surface area contributed by atoms with E-state index in [9.17, 15) is 24.9 Å². The zero-order valence-corrected chi connectivity index (χ0v) is 14.5. The van der Waals surface area contributed by atoms with Crippen LogP contribution in [-0.2, 0) is 0 Å². The lowest BCUT2D eigenvalue weighted by Gasteiger charge is -2.09. The molecule has 2 aromatic carbocycles. The molecule has 2 aromatic heterocycles. The maximum atomic E-state index is 11.6. The Kier molecular flexibility index (Phi) is 4.08. The molecule has 4 aromatic rings. The molecule has 0 bridgehead atoms. The number of rotatable bonds is 4. The predicted octanol–water partition coefficient (Wildman–Crippen LogP) is 4.38. The number of hydrogen-bond acceptors (Lipinski definition) is 3. The van der Waals surface area contributed by atoms with Gasteiger partial charge in [0.25, 0.3) is 0 Å². The van der Waals surface area contributed by atoms with Gasteiger partial charge in [-0.05, 0) is 17.2 Å². The maximum absolute atomic E-state index is 11.6. The number of nitrogens with zero attached hydrogens (tertiary/aromatic N) is 1. The Labute approximate surface area is 159 Å². The molecule has 0 fully saturated rings. The second kappa shape index (κ2) is 6.59. The van der Waals surface area contributed by atoms with Crippen LogP contribution in [0, 0.1) is 0 Å². The van der Waals surface area contributed by atoms with Crippen molar-refractivity contribution in [1.29, 1.82) is 0 Å². The van der Waals surface area contributed by atoms with E-state index in [2.05, 4.69) is 0 Å². The fourth-order valence-corrected chi connectivity index (χ4v) is 3.39. The number of fused-ring (bicyclic) bond motifs is 1. The van der Waals surface area contributed by atoms with E-state index in [1.54, 1.807) is 0 Å². The molecule has 0 saturated carbocycles. The van der Waals surface area contributed by atoms with Gasteiger partial charge in [-0.15, -0.1) is 0 Å². The molecule has 138 valence electrons. The highest BCUT2D eigenvalue weighted by atomic mass is 16.4. The summed E-state index contributed by atoms with van der Waals surface area (Å²) in [4.78, 5) is 23.2. The van der Waals surface area contributed by atoms with Gasteiger partial charge in [-0.25, -0.2) is 9.59 Å². The summed E-state index contributed by atoms with van der Waals surface area (Å²) >= 11 is 0. The normalized spacial score (nSPS) is 10.9. The highest BCUT2D eigenvalue weighted by Gasteiger charge is 2.25. The number of carboxylic acid groups (broad SMARTS) is 2. The van der Waals surface area contributed by atoms with Crippen molar-refractivity contribution in [2.24, 2.45) is 0 Å². The lowest BCUT2D eigenvalue weighted by molar-refractivity contribution is 0.0651. The molecule has 28 heavy (non-hydrogen) atoms. The molecular weight excluding hydrogens is 358 g/mol. The van der Waals surface area contributed by atoms with Gasteiger partial charge in [0, 0.05) is 6.20 Å². The van der Waals surface area contributed by atoms with Gasteiger partial charge in [0.2, 0.25) is 0 Å². The SMILES string of the molecule is O=C(O)c1cc2c(O)c(-c3ccccc3)c(-c3ccccc3)n2cc1C(=O)O. The van der Waals surface area contributed by atoms with Crippen molar-refractivity contribution in [3.05, 3.63) is 84.1 Å². The molecule has 6 heteroatoms. The molecule has 0 aliphatic carbocycles. The van der Waals surface area contributed by atoms with Gasteiger partial charge in [0.05, 0.1) is 27.9 Å². The van der Waals surface area contributed by atoms with Gasteiger partial charge in [-0.3, -0.25) is 0 Å². The van der Waals surface area contributed by atoms with Crippen molar-refractivity contribution in [1.82, 2.24) is 4.40 Å². The van der Waals surface area contributed by atoms with Crippen molar-refractivity contribution in [3.63, 3.8) is 0 Å². The van der Waals surface area contributed by atoms with E-state index in [1.165, 1.54) is 16.7 Å². The lowest BCUT2D eigenvalue weighted by Crippen LogP contribution is -2.10. The third kappa shape index (κ3) is 2.68. The monoisotopic (exact) mass is 373 g/mol. The Morgan fingerprint density at radius 1 is 0.750 bits per heavy atom. The molecule has 0 atom stereocenters. The van der Waals surface area contributed by atoms with Gasteiger partial charge < -0.3 is 19.7 Å². The Morgan fingerprint density at radius 2 is 1.29 bits per heavy atom. The highest BCUT2D eigenvalue weighted by molar-refractivity contribution is 6.04. The van der Waals surface area contributed by atoms with Gasteiger partial charge in [-0.1, -0.05) is 60.7 Å². The summed E-state index contributed by atoms with van der Waals surface area (Å²) in [5.41, 5.74) is 2.07. The first-order valence-electron chi connectivity index (χ1n) is 8.47. The molecule has 0 aliphatic heterocycles. The summed E-state index contributed by atoms with van der Waals surface area (Å²) < 4.78 is 1.53. The number of aromatic nitrogens is 1. The first kappa shape index (κ1) is 17.4. The van der Waals surface area contributed by atoms with Crippen molar-refractivity contribution < 1.29 is 24.9 Å². The number of carbonyl (C=O) groups is 2. The number of hydrogen-bond donors (Lipinski definition) is 3. The van der Waals surface area contributed by atoms with E-state index in [1.807, 2.05) is 60.7 Å². The van der Waals surface area contributed by atoms with Crippen molar-refractivity contribution in [2.45, 2.75) is 0 Å². The molecule has 0 amide bonds. The average Bonchev–Trinajstić information content (AvgIpc) is 3.00. The molecule has 0 aliphatic rings. The van der Waals surface area contributed by atoms with Crippen LogP contribution in [0.3, 0.4) is 0 Å². The molecule has 3 N–H and O–H groups in total. The second-order valence-electron chi connectivity index (χ2n) is 6.27. The zero-order chi connectivity index (χ0) is 19.8. The Bertz CT molecular complexity index is 1210. The van der Waals surface area contributed by atoms with Crippen LogP contribution in [0.2, 0.25) is 0 Å². The quantitative estimate of drug-likeness (QED) is 0.493. The third-order valence-electron chi connectivity index (χ3n) is 4.62. The van der Waals surface area contributed by atoms with E-state index >= 15 is 0 Å². The maximum Gasteiger partial charge on any atom is 0.338 e. The van der Waals surface area contributed by atoms with Gasteiger partial charge in [-0.2, -0.15) is 0 Å². The second-order valence-corrected chi connectivity index (χ2v) is 6.27. The molecule has 4 rings (SSSR count). The van der Waals surface area contributed by atoms with Crippen LogP contribution in [0.5, 0.6) is 5.75 Å². The van der Waals surface area contributed by atoms with Gasteiger partial charge in [0.1, 0.15) is 5.75 Å². The van der Waals surface area contributed by atoms with Crippen LogP contribution < -0.4 is 0 Å². The fraction of sp³-hybridized carbons (Fsp3) is 0. The molecule has 0 radical (unpaired) electrons. The number of carboxylic acids is 2. The van der Waals surface area contributed by atoms with Crippen molar-refractivity contribution in [2.75, 3.05) is 0 Å². The number of benzene rings is 2. The fourth-order valence-electron chi connectivity index (χ4n) is 3.39. The first-order valence-corrected chi connectivity index (χ1v) is 8.47. The van der Waals surface area contributed by atoms with Crippen LogP contribution in [0.1, 0.15) is 20.7 Å². The zero-order valence-electron chi connectivity index (χ0n) is 14.5. The van der Waals surface area contributed by atoms with Crippen LogP contribution in [0.4, 0.5) is 0 Å².